The zero-order valence-electron chi connectivity index (χ0n) is 21.2. The van der Waals surface area contributed by atoms with Crippen LogP contribution in [0.25, 0.3) is 0 Å². The summed E-state index contributed by atoms with van der Waals surface area (Å²) in [5.41, 5.74) is 11.6. The fraction of sp³-hybridized carbons (Fsp3) is 0.652. The van der Waals surface area contributed by atoms with Crippen molar-refractivity contribution in [3.63, 3.8) is 0 Å². The summed E-state index contributed by atoms with van der Waals surface area (Å²) in [5.74, 6) is -3.98. The summed E-state index contributed by atoms with van der Waals surface area (Å²) in [6, 6.07) is -4.34. The number of nitrogens with one attached hydrogen (secondary N) is 4. The number of carbonyl (C=O) groups excluding carboxylic acids is 4. The second-order valence-corrected chi connectivity index (χ2v) is 9.35. The van der Waals surface area contributed by atoms with Crippen LogP contribution in [0.1, 0.15) is 59.1 Å². The average Bonchev–Trinajstić information content (AvgIpc) is 3.32. The van der Waals surface area contributed by atoms with Crippen molar-refractivity contribution in [2.24, 2.45) is 23.3 Å². The average molecular weight is 510 g/mol. The summed E-state index contributed by atoms with van der Waals surface area (Å²) in [7, 11) is 0. The highest BCUT2D eigenvalue weighted by molar-refractivity contribution is 5.94. The SMILES string of the molecule is CCC(C)C(N)C(=O)NC(CC(C)C)C(=O)NC(Cc1cnc[nH]1)C(=O)NC(CCC(N)=O)C(=O)O. The Morgan fingerprint density at radius 1 is 1.00 bits per heavy atom. The first-order valence-corrected chi connectivity index (χ1v) is 12.0. The highest BCUT2D eigenvalue weighted by Crippen LogP contribution is 2.10. The Bertz CT molecular complexity index is 890. The number of aromatic amines is 1. The molecule has 0 aliphatic carbocycles. The number of amides is 4. The van der Waals surface area contributed by atoms with Gasteiger partial charge in [0.05, 0.1) is 12.4 Å². The first-order chi connectivity index (χ1) is 16.8. The molecule has 0 spiro atoms. The van der Waals surface area contributed by atoms with E-state index in [9.17, 15) is 29.1 Å². The molecule has 1 aromatic rings. The van der Waals surface area contributed by atoms with Crippen molar-refractivity contribution in [3.05, 3.63) is 18.2 Å². The van der Waals surface area contributed by atoms with E-state index in [0.717, 1.165) is 0 Å². The van der Waals surface area contributed by atoms with Crippen LogP contribution in [-0.4, -0.2) is 68.8 Å². The van der Waals surface area contributed by atoms with E-state index in [1.54, 1.807) is 0 Å². The molecule has 1 rings (SSSR count). The third kappa shape index (κ3) is 10.4. The standard InChI is InChI=1S/C23H39N7O6/c1-5-13(4)19(25)22(34)30-16(8-12(2)3)20(32)29-17(9-14-10-26-11-27-14)21(33)28-15(23(35)36)6-7-18(24)31/h10-13,15-17,19H,5-9,25H2,1-4H3,(H2,24,31)(H,26,27)(H,28,33)(H,29,32)(H,30,34)(H,35,36). The van der Waals surface area contributed by atoms with Gasteiger partial charge >= 0.3 is 5.97 Å². The number of hydrogen-bond donors (Lipinski definition) is 7. The number of nitrogens with two attached hydrogens (primary N) is 2. The number of rotatable bonds is 16. The lowest BCUT2D eigenvalue weighted by Gasteiger charge is -2.26. The van der Waals surface area contributed by atoms with E-state index in [4.69, 9.17) is 11.5 Å². The van der Waals surface area contributed by atoms with Gasteiger partial charge in [-0.3, -0.25) is 19.2 Å². The molecular formula is C23H39N7O6. The minimum absolute atomic E-state index is 0.0194. The Morgan fingerprint density at radius 3 is 2.08 bits per heavy atom. The number of aromatic nitrogens is 2. The van der Waals surface area contributed by atoms with Gasteiger partial charge in [-0.15, -0.1) is 0 Å². The van der Waals surface area contributed by atoms with Gasteiger partial charge in [-0.05, 0) is 24.7 Å². The van der Waals surface area contributed by atoms with E-state index in [0.29, 0.717) is 18.5 Å². The van der Waals surface area contributed by atoms with Crippen molar-refractivity contribution in [2.75, 3.05) is 0 Å². The zero-order chi connectivity index (χ0) is 27.4. The van der Waals surface area contributed by atoms with E-state index in [-0.39, 0.29) is 31.1 Å². The Morgan fingerprint density at radius 2 is 1.58 bits per heavy atom. The molecule has 1 aromatic heterocycles. The van der Waals surface area contributed by atoms with Crippen molar-refractivity contribution >= 4 is 29.6 Å². The highest BCUT2D eigenvalue weighted by Gasteiger charge is 2.31. The minimum Gasteiger partial charge on any atom is -0.480 e. The number of carboxylic acids is 1. The van der Waals surface area contributed by atoms with Gasteiger partial charge in [0, 0.05) is 24.7 Å². The third-order valence-electron chi connectivity index (χ3n) is 5.81. The summed E-state index contributed by atoms with van der Waals surface area (Å²) in [4.78, 5) is 68.2. The maximum Gasteiger partial charge on any atom is 0.326 e. The number of primary amides is 1. The fourth-order valence-electron chi connectivity index (χ4n) is 3.40. The molecule has 0 bridgehead atoms. The molecule has 9 N–H and O–H groups in total. The molecule has 0 saturated heterocycles. The molecule has 13 heteroatoms. The maximum absolute atomic E-state index is 13.2. The lowest BCUT2D eigenvalue weighted by Crippen LogP contribution is -2.58. The Hall–Kier alpha value is -3.48. The van der Waals surface area contributed by atoms with E-state index in [2.05, 4.69) is 25.9 Å². The first-order valence-electron chi connectivity index (χ1n) is 12.0. The number of hydrogen-bond acceptors (Lipinski definition) is 7. The monoisotopic (exact) mass is 509 g/mol. The molecule has 0 aliphatic heterocycles. The van der Waals surface area contributed by atoms with Crippen LogP contribution in [-0.2, 0) is 30.4 Å². The van der Waals surface area contributed by atoms with Gasteiger partial charge in [-0.1, -0.05) is 34.1 Å². The first kappa shape index (κ1) is 30.6. The molecule has 5 atom stereocenters. The van der Waals surface area contributed by atoms with Crippen LogP contribution in [0.3, 0.4) is 0 Å². The molecule has 0 radical (unpaired) electrons. The maximum atomic E-state index is 13.2. The van der Waals surface area contributed by atoms with Crippen molar-refractivity contribution in [1.29, 1.82) is 0 Å². The summed E-state index contributed by atoms with van der Waals surface area (Å²) in [6.07, 6.45) is 3.37. The normalized spacial score (nSPS) is 15.3. The van der Waals surface area contributed by atoms with E-state index < -0.39 is 53.8 Å². The lowest BCUT2D eigenvalue weighted by molar-refractivity contribution is -0.142. The molecule has 5 unspecified atom stereocenters. The zero-order valence-corrected chi connectivity index (χ0v) is 21.2. The summed E-state index contributed by atoms with van der Waals surface area (Å²) in [5, 5.41) is 17.1. The Balaban J connectivity index is 3.08. The van der Waals surface area contributed by atoms with Crippen molar-refractivity contribution in [1.82, 2.24) is 25.9 Å². The number of nitrogens with zero attached hydrogens (tertiary/aromatic N) is 1. The molecule has 36 heavy (non-hydrogen) atoms. The van der Waals surface area contributed by atoms with Crippen LogP contribution in [0.5, 0.6) is 0 Å². The van der Waals surface area contributed by atoms with E-state index in [1.807, 2.05) is 27.7 Å². The fourth-order valence-corrected chi connectivity index (χ4v) is 3.40. The van der Waals surface area contributed by atoms with Crippen LogP contribution >= 0.6 is 0 Å². The number of imidazole rings is 1. The Kier molecular flexibility index (Phi) is 12.6. The van der Waals surface area contributed by atoms with Crippen LogP contribution in [0.15, 0.2) is 12.5 Å². The third-order valence-corrected chi connectivity index (χ3v) is 5.81. The predicted molar refractivity (Wildman–Crippen MR) is 131 cm³/mol. The van der Waals surface area contributed by atoms with E-state index in [1.165, 1.54) is 12.5 Å². The highest BCUT2D eigenvalue weighted by atomic mass is 16.4. The number of carboxylic acid groups (broad SMARTS) is 1. The summed E-state index contributed by atoms with van der Waals surface area (Å²) in [6.45, 7) is 7.50. The molecule has 0 aromatic carbocycles. The van der Waals surface area contributed by atoms with Crippen molar-refractivity contribution in [3.8, 4) is 0 Å². The Labute approximate surface area is 210 Å². The van der Waals surface area contributed by atoms with Gasteiger partial charge in [0.1, 0.15) is 18.1 Å². The van der Waals surface area contributed by atoms with E-state index >= 15 is 0 Å². The second kappa shape index (κ2) is 14.8. The van der Waals surface area contributed by atoms with Gasteiger partial charge in [0.15, 0.2) is 0 Å². The second-order valence-electron chi connectivity index (χ2n) is 9.35. The summed E-state index contributed by atoms with van der Waals surface area (Å²) >= 11 is 0. The topological polar surface area (TPSA) is 222 Å². The predicted octanol–water partition coefficient (Wildman–Crippen LogP) is -0.824. The number of carbonyl (C=O) groups is 5. The van der Waals surface area contributed by atoms with Crippen LogP contribution < -0.4 is 27.4 Å². The molecule has 13 nitrogen and oxygen atoms in total. The number of aliphatic carboxylic acids is 1. The molecule has 4 amide bonds. The van der Waals surface area contributed by atoms with Crippen molar-refractivity contribution in [2.45, 2.75) is 84.0 Å². The molecular weight excluding hydrogens is 470 g/mol. The van der Waals surface area contributed by atoms with Crippen LogP contribution in [0, 0.1) is 11.8 Å². The molecule has 0 saturated carbocycles. The van der Waals surface area contributed by atoms with Gasteiger partial charge in [0.2, 0.25) is 23.6 Å². The smallest absolute Gasteiger partial charge is 0.326 e. The molecule has 1 heterocycles. The van der Waals surface area contributed by atoms with Crippen LogP contribution in [0.2, 0.25) is 0 Å². The molecule has 0 fully saturated rings. The van der Waals surface area contributed by atoms with Gasteiger partial charge in [0.25, 0.3) is 0 Å². The van der Waals surface area contributed by atoms with Crippen molar-refractivity contribution < 1.29 is 29.1 Å². The molecule has 0 aliphatic rings. The van der Waals surface area contributed by atoms with Gasteiger partial charge in [-0.2, -0.15) is 0 Å². The van der Waals surface area contributed by atoms with Crippen LogP contribution in [0.4, 0.5) is 0 Å². The molecule has 202 valence electrons. The lowest BCUT2D eigenvalue weighted by atomic mass is 9.97. The van der Waals surface area contributed by atoms with Gasteiger partial charge in [-0.25, -0.2) is 9.78 Å². The largest absolute Gasteiger partial charge is 0.480 e. The summed E-state index contributed by atoms with van der Waals surface area (Å²) < 4.78 is 0. The van der Waals surface area contributed by atoms with Gasteiger partial charge < -0.3 is 37.5 Å². The quantitative estimate of drug-likeness (QED) is 0.149. The minimum atomic E-state index is -1.38. The number of H-pyrrole nitrogens is 1.